The molecule has 3 unspecified atom stereocenters. The van der Waals surface area contributed by atoms with E-state index in [4.69, 9.17) is 5.73 Å². The molecule has 5 nitrogen and oxygen atoms in total. The summed E-state index contributed by atoms with van der Waals surface area (Å²) in [6.45, 7) is 2.45. The van der Waals surface area contributed by atoms with Crippen LogP contribution >= 0.6 is 0 Å². The summed E-state index contributed by atoms with van der Waals surface area (Å²) in [5.74, 6) is 0.305. The van der Waals surface area contributed by atoms with E-state index in [1.807, 2.05) is 6.92 Å². The number of amides is 2. The van der Waals surface area contributed by atoms with E-state index < -0.39 is 0 Å². The van der Waals surface area contributed by atoms with Crippen molar-refractivity contribution in [2.75, 3.05) is 20.6 Å². The second-order valence-electron chi connectivity index (χ2n) is 5.39. The quantitative estimate of drug-likeness (QED) is 0.761. The van der Waals surface area contributed by atoms with Gasteiger partial charge in [-0.05, 0) is 18.8 Å². The van der Waals surface area contributed by atoms with Crippen LogP contribution in [-0.2, 0) is 9.59 Å². The molecule has 5 heteroatoms. The molecule has 3 N–H and O–H groups in total. The van der Waals surface area contributed by atoms with Gasteiger partial charge in [-0.25, -0.2) is 0 Å². The zero-order valence-corrected chi connectivity index (χ0v) is 11.6. The van der Waals surface area contributed by atoms with Crippen LogP contribution in [-0.4, -0.2) is 43.4 Å². The fourth-order valence-corrected chi connectivity index (χ4v) is 2.41. The van der Waals surface area contributed by atoms with E-state index in [-0.39, 0.29) is 29.7 Å². The molecule has 18 heavy (non-hydrogen) atoms. The monoisotopic (exact) mass is 255 g/mol. The first-order valence-corrected chi connectivity index (χ1v) is 6.67. The molecule has 1 aliphatic carbocycles. The molecular weight excluding hydrogens is 230 g/mol. The summed E-state index contributed by atoms with van der Waals surface area (Å²) >= 11 is 0. The topological polar surface area (TPSA) is 75.4 Å². The lowest BCUT2D eigenvalue weighted by molar-refractivity contribution is -0.129. The Kier molecular flexibility index (Phi) is 5.59. The van der Waals surface area contributed by atoms with E-state index in [1.165, 1.54) is 4.90 Å². The van der Waals surface area contributed by atoms with Crippen molar-refractivity contribution in [3.8, 4) is 0 Å². The Bertz CT molecular complexity index is 305. The average Bonchev–Trinajstić information content (AvgIpc) is 2.32. The number of rotatable bonds is 4. The van der Waals surface area contributed by atoms with Gasteiger partial charge in [-0.15, -0.1) is 0 Å². The van der Waals surface area contributed by atoms with Crippen LogP contribution < -0.4 is 11.1 Å². The summed E-state index contributed by atoms with van der Waals surface area (Å²) in [6, 6.07) is 0.123. The van der Waals surface area contributed by atoms with E-state index >= 15 is 0 Å². The fraction of sp³-hybridized carbons (Fsp3) is 0.846. The maximum absolute atomic E-state index is 12.0. The molecule has 1 fully saturated rings. The van der Waals surface area contributed by atoms with E-state index in [0.29, 0.717) is 13.0 Å². The second-order valence-corrected chi connectivity index (χ2v) is 5.39. The number of hydrogen-bond donors (Lipinski definition) is 2. The van der Waals surface area contributed by atoms with Crippen LogP contribution in [0.25, 0.3) is 0 Å². The number of carbonyl (C=O) groups is 2. The molecule has 0 aliphatic heterocycles. The highest BCUT2D eigenvalue weighted by Gasteiger charge is 2.32. The zero-order valence-electron chi connectivity index (χ0n) is 11.6. The highest BCUT2D eigenvalue weighted by molar-refractivity contribution is 5.80. The molecule has 104 valence electrons. The maximum Gasteiger partial charge on any atom is 0.223 e. The molecule has 2 amide bonds. The Morgan fingerprint density at radius 1 is 1.33 bits per heavy atom. The molecule has 0 aromatic heterocycles. The molecule has 0 saturated heterocycles. The maximum atomic E-state index is 12.0. The van der Waals surface area contributed by atoms with Crippen molar-refractivity contribution in [1.29, 1.82) is 0 Å². The van der Waals surface area contributed by atoms with Gasteiger partial charge in [0.2, 0.25) is 11.8 Å². The average molecular weight is 255 g/mol. The minimum Gasteiger partial charge on any atom is -0.355 e. The SMILES string of the molecule is CC1C(N)CCCC1C(=O)NCCC(=O)N(C)C. The van der Waals surface area contributed by atoms with Crippen LogP contribution in [0.15, 0.2) is 0 Å². The van der Waals surface area contributed by atoms with Crippen molar-refractivity contribution < 1.29 is 9.59 Å². The summed E-state index contributed by atoms with van der Waals surface area (Å²) in [6.07, 6.45) is 3.28. The lowest BCUT2D eigenvalue weighted by Gasteiger charge is -2.32. The fourth-order valence-electron chi connectivity index (χ4n) is 2.41. The minimum atomic E-state index is 0.00297. The Morgan fingerprint density at radius 2 is 2.00 bits per heavy atom. The minimum absolute atomic E-state index is 0.00297. The van der Waals surface area contributed by atoms with Crippen molar-refractivity contribution >= 4 is 11.8 Å². The van der Waals surface area contributed by atoms with Gasteiger partial charge in [0.05, 0.1) is 0 Å². The van der Waals surface area contributed by atoms with Crippen LogP contribution in [0.4, 0.5) is 0 Å². The van der Waals surface area contributed by atoms with Crippen molar-refractivity contribution in [2.45, 2.75) is 38.6 Å². The first-order valence-electron chi connectivity index (χ1n) is 6.67. The normalized spacial score (nSPS) is 27.7. The van der Waals surface area contributed by atoms with Crippen molar-refractivity contribution in [1.82, 2.24) is 10.2 Å². The number of nitrogens with zero attached hydrogens (tertiary/aromatic N) is 1. The number of nitrogens with one attached hydrogen (secondary N) is 1. The van der Waals surface area contributed by atoms with E-state index in [2.05, 4.69) is 5.32 Å². The first kappa shape index (κ1) is 15.0. The third-order valence-corrected chi connectivity index (χ3v) is 3.84. The molecule has 0 bridgehead atoms. The predicted molar refractivity (Wildman–Crippen MR) is 70.8 cm³/mol. The molecule has 0 radical (unpaired) electrons. The van der Waals surface area contributed by atoms with Gasteiger partial charge in [-0.3, -0.25) is 9.59 Å². The smallest absolute Gasteiger partial charge is 0.223 e. The largest absolute Gasteiger partial charge is 0.355 e. The van der Waals surface area contributed by atoms with Gasteiger partial charge in [-0.1, -0.05) is 13.3 Å². The Hall–Kier alpha value is -1.10. The summed E-state index contributed by atoms with van der Waals surface area (Å²) in [5.41, 5.74) is 5.98. The van der Waals surface area contributed by atoms with E-state index in [1.54, 1.807) is 14.1 Å². The highest BCUT2D eigenvalue weighted by atomic mass is 16.2. The Labute approximate surface area is 109 Å². The van der Waals surface area contributed by atoms with Crippen LogP contribution in [0.2, 0.25) is 0 Å². The lowest BCUT2D eigenvalue weighted by atomic mass is 9.77. The first-order chi connectivity index (χ1) is 8.43. The lowest BCUT2D eigenvalue weighted by Crippen LogP contribution is -2.44. The van der Waals surface area contributed by atoms with Crippen molar-refractivity contribution in [3.05, 3.63) is 0 Å². The molecule has 1 aliphatic rings. The predicted octanol–water partition coefficient (Wildman–Crippen LogP) is 0.344. The standard InChI is InChI=1S/C13H25N3O2/c1-9-10(5-4-6-11(9)14)13(18)15-8-7-12(17)16(2)3/h9-11H,4-8,14H2,1-3H3,(H,15,18). The van der Waals surface area contributed by atoms with Gasteiger partial charge in [0.15, 0.2) is 0 Å². The molecular formula is C13H25N3O2. The molecule has 0 aromatic rings. The second kappa shape index (κ2) is 6.73. The van der Waals surface area contributed by atoms with Crippen molar-refractivity contribution in [3.63, 3.8) is 0 Å². The van der Waals surface area contributed by atoms with Gasteiger partial charge in [0.25, 0.3) is 0 Å². The van der Waals surface area contributed by atoms with Gasteiger partial charge in [0.1, 0.15) is 0 Å². The summed E-state index contributed by atoms with van der Waals surface area (Å²) in [4.78, 5) is 24.9. The van der Waals surface area contributed by atoms with Crippen LogP contribution in [0.1, 0.15) is 32.6 Å². The van der Waals surface area contributed by atoms with Gasteiger partial charge in [0, 0.05) is 39.0 Å². The number of nitrogens with two attached hydrogens (primary N) is 1. The Balaban J connectivity index is 2.34. The zero-order chi connectivity index (χ0) is 13.7. The van der Waals surface area contributed by atoms with Gasteiger partial charge < -0.3 is 16.0 Å². The van der Waals surface area contributed by atoms with Crippen molar-refractivity contribution in [2.24, 2.45) is 17.6 Å². The van der Waals surface area contributed by atoms with Gasteiger partial charge >= 0.3 is 0 Å². The molecule has 0 aromatic carbocycles. The Morgan fingerprint density at radius 3 is 2.61 bits per heavy atom. The van der Waals surface area contributed by atoms with Crippen LogP contribution in [0.5, 0.6) is 0 Å². The highest BCUT2D eigenvalue weighted by Crippen LogP contribution is 2.28. The molecule has 0 heterocycles. The molecule has 3 atom stereocenters. The third kappa shape index (κ3) is 3.98. The van der Waals surface area contributed by atoms with Gasteiger partial charge in [-0.2, -0.15) is 0 Å². The van der Waals surface area contributed by atoms with E-state index in [9.17, 15) is 9.59 Å². The third-order valence-electron chi connectivity index (χ3n) is 3.84. The molecule has 1 saturated carbocycles. The van der Waals surface area contributed by atoms with E-state index in [0.717, 1.165) is 19.3 Å². The molecule has 1 rings (SSSR count). The molecule has 0 spiro atoms. The summed E-state index contributed by atoms with van der Waals surface area (Å²) in [7, 11) is 3.43. The van der Waals surface area contributed by atoms with Crippen LogP contribution in [0, 0.1) is 11.8 Å². The number of hydrogen-bond acceptors (Lipinski definition) is 3. The summed E-state index contributed by atoms with van der Waals surface area (Å²) in [5, 5.41) is 2.85. The van der Waals surface area contributed by atoms with Crippen LogP contribution in [0.3, 0.4) is 0 Å². The number of carbonyl (C=O) groups excluding carboxylic acids is 2. The summed E-state index contributed by atoms with van der Waals surface area (Å²) < 4.78 is 0.